The maximum Gasteiger partial charge on any atom is 0.233 e. The minimum atomic E-state index is -3.46. The smallest absolute Gasteiger partial charge is 0.233 e. The van der Waals surface area contributed by atoms with Crippen molar-refractivity contribution in [3.63, 3.8) is 0 Å². The monoisotopic (exact) mass is 516 g/mol. The van der Waals surface area contributed by atoms with Crippen LogP contribution >= 0.6 is 0 Å². The van der Waals surface area contributed by atoms with Gasteiger partial charge in [-0.05, 0) is 68.0 Å². The number of rotatable bonds is 9. The summed E-state index contributed by atoms with van der Waals surface area (Å²) >= 11 is 0. The molecule has 4 aromatic rings. The van der Waals surface area contributed by atoms with Gasteiger partial charge >= 0.3 is 0 Å². The normalized spacial score (nSPS) is 19.9. The Hall–Kier alpha value is -3.43. The highest BCUT2D eigenvalue weighted by Gasteiger charge is 2.34. The van der Waals surface area contributed by atoms with Crippen LogP contribution in [0.5, 0.6) is 0 Å². The lowest BCUT2D eigenvalue weighted by atomic mass is 9.79. The summed E-state index contributed by atoms with van der Waals surface area (Å²) in [7, 11) is -3.46. The lowest BCUT2D eigenvalue weighted by Gasteiger charge is -2.42. The number of nitrogen functional groups attached to an aromatic ring is 1. The second-order valence-corrected chi connectivity index (χ2v) is 12.1. The quantitative estimate of drug-likeness (QED) is 0.343. The van der Waals surface area contributed by atoms with Gasteiger partial charge in [0.1, 0.15) is 17.8 Å². The van der Waals surface area contributed by atoms with E-state index < -0.39 is 10.0 Å². The number of anilines is 2. The first-order valence-corrected chi connectivity index (χ1v) is 14.6. The van der Waals surface area contributed by atoms with E-state index in [2.05, 4.69) is 36.4 Å². The highest BCUT2D eigenvalue weighted by atomic mass is 32.2. The Morgan fingerprint density at radius 3 is 2.59 bits per heavy atom. The third-order valence-electron chi connectivity index (χ3n) is 7.65. The number of likely N-dealkylation sites (tertiary alicyclic amines) is 1. The van der Waals surface area contributed by atoms with Crippen LogP contribution < -0.4 is 10.5 Å². The zero-order chi connectivity index (χ0) is 25.4. The number of aryl methyl sites for hydroxylation is 1. The summed E-state index contributed by atoms with van der Waals surface area (Å²) in [6.45, 7) is 3.67. The van der Waals surface area contributed by atoms with E-state index in [1.807, 2.05) is 36.4 Å². The zero-order valence-corrected chi connectivity index (χ0v) is 21.6. The highest BCUT2D eigenvalue weighted by Crippen LogP contribution is 2.43. The molecule has 0 amide bonds. The van der Waals surface area contributed by atoms with E-state index in [4.69, 9.17) is 5.73 Å². The molecule has 0 atom stereocenters. The average molecular weight is 517 g/mol. The number of fused-ring (bicyclic) bond motifs is 1. The summed E-state index contributed by atoms with van der Waals surface area (Å²) in [5.41, 5.74) is 10.7. The predicted molar refractivity (Wildman–Crippen MR) is 148 cm³/mol. The molecule has 2 fully saturated rings. The van der Waals surface area contributed by atoms with Crippen molar-refractivity contribution >= 4 is 32.6 Å². The van der Waals surface area contributed by atoms with Crippen molar-refractivity contribution in [2.45, 2.75) is 31.7 Å². The molecule has 1 saturated carbocycles. The van der Waals surface area contributed by atoms with Crippen LogP contribution in [-0.4, -0.2) is 53.2 Å². The van der Waals surface area contributed by atoms with E-state index in [1.54, 1.807) is 12.1 Å². The molecule has 192 valence electrons. The van der Waals surface area contributed by atoms with Gasteiger partial charge in [0, 0.05) is 30.0 Å². The molecule has 0 spiro atoms. The number of nitrogens with zero attached hydrogens (tertiary/aromatic N) is 4. The van der Waals surface area contributed by atoms with Crippen molar-refractivity contribution in [2.24, 2.45) is 5.92 Å². The van der Waals surface area contributed by atoms with E-state index in [0.29, 0.717) is 24.0 Å². The first-order chi connectivity index (χ1) is 17.9. The second kappa shape index (κ2) is 9.79. The van der Waals surface area contributed by atoms with Crippen molar-refractivity contribution in [1.82, 2.24) is 19.4 Å². The first-order valence-electron chi connectivity index (χ1n) is 12.9. The molecule has 8 nitrogen and oxygen atoms in total. The molecular weight excluding hydrogens is 484 g/mol. The van der Waals surface area contributed by atoms with Crippen LogP contribution in [0.2, 0.25) is 0 Å². The van der Waals surface area contributed by atoms with Crippen LogP contribution in [0.15, 0.2) is 67.1 Å². The summed E-state index contributed by atoms with van der Waals surface area (Å²) < 4.78 is 30.2. The average Bonchev–Trinajstić information content (AvgIpc) is 3.22. The van der Waals surface area contributed by atoms with Crippen LogP contribution in [0.4, 0.5) is 11.5 Å². The molecule has 2 aromatic carbocycles. The Labute approximate surface area is 217 Å². The Morgan fingerprint density at radius 2 is 1.84 bits per heavy atom. The third-order valence-corrected chi connectivity index (χ3v) is 8.94. The van der Waals surface area contributed by atoms with Crippen molar-refractivity contribution in [3.8, 4) is 11.1 Å². The lowest BCUT2D eigenvalue weighted by molar-refractivity contribution is 0.0921. The molecule has 1 aliphatic carbocycles. The van der Waals surface area contributed by atoms with E-state index in [1.165, 1.54) is 32.4 Å². The fourth-order valence-electron chi connectivity index (χ4n) is 5.50. The summed E-state index contributed by atoms with van der Waals surface area (Å²) in [6.07, 6.45) is 7.72. The van der Waals surface area contributed by atoms with Crippen molar-refractivity contribution in [1.29, 1.82) is 0 Å². The molecule has 2 aromatic heterocycles. The molecule has 2 aliphatic rings. The summed E-state index contributed by atoms with van der Waals surface area (Å²) in [4.78, 5) is 11.4. The maximum atomic E-state index is 12.6. The van der Waals surface area contributed by atoms with Gasteiger partial charge in [0.2, 0.25) is 10.0 Å². The van der Waals surface area contributed by atoms with Gasteiger partial charge in [-0.2, -0.15) is 0 Å². The molecule has 9 heteroatoms. The van der Waals surface area contributed by atoms with Gasteiger partial charge < -0.3 is 15.2 Å². The second-order valence-electron chi connectivity index (χ2n) is 10.3. The largest absolute Gasteiger partial charge is 0.383 e. The number of nitrogens with two attached hydrogens (primary N) is 1. The Kier molecular flexibility index (Phi) is 6.34. The van der Waals surface area contributed by atoms with Gasteiger partial charge in [-0.3, -0.25) is 4.72 Å². The van der Waals surface area contributed by atoms with Gasteiger partial charge in [-0.15, -0.1) is 0 Å². The maximum absolute atomic E-state index is 12.6. The SMILES string of the molecule is Nc1ncnc2c1c(-c1cccc(CCS(=O)(=O)Nc3ccccc3)c1)cn2C1CC(CN2CCC2)C1. The number of nitrogens with one attached hydrogen (secondary N) is 1. The molecule has 3 N–H and O–H groups in total. The number of sulfonamides is 1. The van der Waals surface area contributed by atoms with Gasteiger partial charge in [0.05, 0.1) is 11.1 Å². The number of hydrogen-bond donors (Lipinski definition) is 2. The van der Waals surface area contributed by atoms with Crippen LogP contribution in [0, 0.1) is 5.92 Å². The third kappa shape index (κ3) is 5.06. The number of aromatic nitrogens is 3. The minimum Gasteiger partial charge on any atom is -0.383 e. The van der Waals surface area contributed by atoms with Crippen LogP contribution in [-0.2, 0) is 16.4 Å². The van der Waals surface area contributed by atoms with Crippen molar-refractivity contribution < 1.29 is 8.42 Å². The van der Waals surface area contributed by atoms with Crippen LogP contribution in [0.25, 0.3) is 22.2 Å². The minimum absolute atomic E-state index is 0.00115. The number of hydrogen-bond acceptors (Lipinski definition) is 6. The van der Waals surface area contributed by atoms with E-state index >= 15 is 0 Å². The summed E-state index contributed by atoms with van der Waals surface area (Å²) in [5.74, 6) is 1.20. The van der Waals surface area contributed by atoms with Crippen LogP contribution in [0.1, 0.15) is 30.9 Å². The fraction of sp³-hybridized carbons (Fsp3) is 0.357. The highest BCUT2D eigenvalue weighted by molar-refractivity contribution is 7.92. The van der Waals surface area contributed by atoms with E-state index in [0.717, 1.165) is 46.5 Å². The Balaban J connectivity index is 1.22. The van der Waals surface area contributed by atoms with Crippen molar-refractivity contribution in [3.05, 3.63) is 72.7 Å². The van der Waals surface area contributed by atoms with Gasteiger partial charge in [0.15, 0.2) is 0 Å². The Bertz CT molecular complexity index is 1510. The van der Waals surface area contributed by atoms with Gasteiger partial charge in [0.25, 0.3) is 0 Å². The molecular formula is C28H32N6O2S. The molecule has 0 unspecified atom stereocenters. The van der Waals surface area contributed by atoms with E-state index in [9.17, 15) is 8.42 Å². The topological polar surface area (TPSA) is 106 Å². The molecule has 0 radical (unpaired) electrons. The van der Waals surface area contributed by atoms with Gasteiger partial charge in [-0.1, -0.05) is 42.5 Å². The number of para-hydroxylation sites is 1. The molecule has 6 rings (SSSR count). The Morgan fingerprint density at radius 1 is 1.03 bits per heavy atom. The standard InChI is InChI=1S/C28H32N6O2S/c29-27-26-25(18-34(28(26)31-19-30-27)24-15-21(16-24)17-33-11-5-12-33)22-7-4-6-20(14-22)10-13-37(35,36)32-23-8-2-1-3-9-23/h1-4,6-9,14,18-19,21,24,32H,5,10-13,15-17H2,(H2,29,30,31). The van der Waals surface area contributed by atoms with Crippen LogP contribution in [0.3, 0.4) is 0 Å². The molecule has 1 aliphatic heterocycles. The molecule has 1 saturated heterocycles. The molecule has 3 heterocycles. The molecule has 0 bridgehead atoms. The summed E-state index contributed by atoms with van der Waals surface area (Å²) in [6, 6.07) is 17.4. The van der Waals surface area contributed by atoms with E-state index in [-0.39, 0.29) is 5.75 Å². The fourth-order valence-corrected chi connectivity index (χ4v) is 6.60. The lowest BCUT2D eigenvalue weighted by Crippen LogP contribution is -2.43. The first kappa shape index (κ1) is 23.9. The van der Waals surface area contributed by atoms with Crippen molar-refractivity contribution in [2.75, 3.05) is 35.8 Å². The predicted octanol–water partition coefficient (Wildman–Crippen LogP) is 4.32. The molecule has 37 heavy (non-hydrogen) atoms. The zero-order valence-electron chi connectivity index (χ0n) is 20.8. The van der Waals surface area contributed by atoms with Gasteiger partial charge in [-0.25, -0.2) is 18.4 Å². The number of benzene rings is 2. The summed E-state index contributed by atoms with van der Waals surface area (Å²) in [5, 5.41) is 0.865.